The number of aromatic nitrogens is 1. The summed E-state index contributed by atoms with van der Waals surface area (Å²) in [6, 6.07) is 4.46. The van der Waals surface area contributed by atoms with Crippen molar-refractivity contribution in [3.63, 3.8) is 0 Å². The molecule has 1 aromatic carbocycles. The largest absolute Gasteiger partial charge is 0.398 e. The summed E-state index contributed by atoms with van der Waals surface area (Å²) in [5, 5.41) is 1.61. The molecule has 0 amide bonds. The minimum atomic E-state index is -3.83. The van der Waals surface area contributed by atoms with E-state index in [0.29, 0.717) is 4.47 Å². The lowest BCUT2D eigenvalue weighted by Crippen LogP contribution is -2.14. The van der Waals surface area contributed by atoms with Crippen molar-refractivity contribution >= 4 is 53.9 Å². The predicted octanol–water partition coefficient (Wildman–Crippen LogP) is 2.49. The maximum absolute atomic E-state index is 12.2. The molecule has 6 nitrogen and oxygen atoms in total. The summed E-state index contributed by atoms with van der Waals surface area (Å²) < 4.78 is 27.4. The molecule has 0 unspecified atom stereocenters. The second-order valence-electron chi connectivity index (χ2n) is 3.88. The van der Waals surface area contributed by atoms with Gasteiger partial charge in [0.25, 0.3) is 10.0 Å². The molecule has 0 aliphatic carbocycles. The average Bonchev–Trinajstić information content (AvgIpc) is 2.76. The fourth-order valence-electron chi connectivity index (χ4n) is 1.42. The van der Waals surface area contributed by atoms with Crippen LogP contribution in [0.3, 0.4) is 0 Å². The van der Waals surface area contributed by atoms with Crippen molar-refractivity contribution in [3.05, 3.63) is 33.7 Å². The van der Waals surface area contributed by atoms with Crippen LogP contribution < -0.4 is 10.5 Å². The number of sulfonamides is 1. The molecule has 0 spiro atoms. The van der Waals surface area contributed by atoms with Crippen molar-refractivity contribution < 1.29 is 13.2 Å². The highest BCUT2D eigenvalue weighted by atomic mass is 79.9. The summed E-state index contributed by atoms with van der Waals surface area (Å²) in [6.07, 6.45) is 0. The SMILES string of the molecule is CC(=O)c1csc(NS(=O)(=O)c2ccc(Br)cc2N)n1. The summed E-state index contributed by atoms with van der Waals surface area (Å²) in [7, 11) is -3.83. The highest BCUT2D eigenvalue weighted by Gasteiger charge is 2.19. The zero-order chi connectivity index (χ0) is 14.9. The van der Waals surface area contributed by atoms with Gasteiger partial charge in [-0.2, -0.15) is 0 Å². The number of hydrogen-bond donors (Lipinski definition) is 2. The lowest BCUT2D eigenvalue weighted by Gasteiger charge is -2.08. The molecule has 0 aliphatic heterocycles. The number of nitrogens with two attached hydrogens (primary N) is 1. The number of Topliss-reactive ketones (excluding diaryl/α,β-unsaturated/α-hetero) is 1. The highest BCUT2D eigenvalue weighted by molar-refractivity contribution is 9.10. The van der Waals surface area contributed by atoms with Crippen LogP contribution in [0.2, 0.25) is 0 Å². The normalized spacial score (nSPS) is 11.3. The van der Waals surface area contributed by atoms with Gasteiger partial charge in [0.05, 0.1) is 5.69 Å². The average molecular weight is 376 g/mol. The van der Waals surface area contributed by atoms with Crippen LogP contribution in [0.4, 0.5) is 10.8 Å². The van der Waals surface area contributed by atoms with Gasteiger partial charge in [0.2, 0.25) is 0 Å². The molecule has 0 radical (unpaired) electrons. The summed E-state index contributed by atoms with van der Waals surface area (Å²) in [6.45, 7) is 1.36. The molecule has 0 saturated heterocycles. The Morgan fingerprint density at radius 1 is 1.45 bits per heavy atom. The second-order valence-corrected chi connectivity index (χ2v) is 7.31. The van der Waals surface area contributed by atoms with Gasteiger partial charge in [-0.3, -0.25) is 9.52 Å². The van der Waals surface area contributed by atoms with Crippen LogP contribution >= 0.6 is 27.3 Å². The van der Waals surface area contributed by atoms with Gasteiger partial charge in [0.15, 0.2) is 10.9 Å². The van der Waals surface area contributed by atoms with E-state index in [1.54, 1.807) is 6.07 Å². The first-order valence-corrected chi connectivity index (χ1v) is 8.49. The molecule has 0 bridgehead atoms. The molecule has 0 atom stereocenters. The zero-order valence-electron chi connectivity index (χ0n) is 10.3. The van der Waals surface area contributed by atoms with Crippen molar-refractivity contribution in [3.8, 4) is 0 Å². The van der Waals surface area contributed by atoms with E-state index in [1.807, 2.05) is 0 Å². The van der Waals surface area contributed by atoms with Crippen LogP contribution in [0.5, 0.6) is 0 Å². The van der Waals surface area contributed by atoms with Crippen LogP contribution in [0.15, 0.2) is 32.9 Å². The van der Waals surface area contributed by atoms with Crippen LogP contribution in [0.1, 0.15) is 17.4 Å². The van der Waals surface area contributed by atoms with Gasteiger partial charge in [-0.05, 0) is 18.2 Å². The van der Waals surface area contributed by atoms with E-state index in [4.69, 9.17) is 5.73 Å². The number of rotatable bonds is 4. The molecular formula is C11H10BrN3O3S2. The molecule has 1 aromatic heterocycles. The molecule has 106 valence electrons. The van der Waals surface area contributed by atoms with E-state index in [1.165, 1.54) is 24.4 Å². The van der Waals surface area contributed by atoms with Crippen LogP contribution in [-0.4, -0.2) is 19.2 Å². The third-order valence-corrected chi connectivity index (χ3v) is 5.14. The Bertz CT molecular complexity index is 771. The maximum Gasteiger partial charge on any atom is 0.265 e. The van der Waals surface area contributed by atoms with Gasteiger partial charge in [-0.25, -0.2) is 13.4 Å². The summed E-state index contributed by atoms with van der Waals surface area (Å²) >= 11 is 4.24. The number of ketones is 1. The van der Waals surface area contributed by atoms with Crippen molar-refractivity contribution in [2.45, 2.75) is 11.8 Å². The van der Waals surface area contributed by atoms with Gasteiger partial charge in [0, 0.05) is 16.8 Å². The first kappa shape index (κ1) is 14.9. The minimum Gasteiger partial charge on any atom is -0.398 e. The molecule has 9 heteroatoms. The number of halogens is 1. The Hall–Kier alpha value is -1.45. The first-order valence-electron chi connectivity index (χ1n) is 5.34. The molecular weight excluding hydrogens is 366 g/mol. The van der Waals surface area contributed by atoms with Gasteiger partial charge >= 0.3 is 0 Å². The standard InChI is InChI=1S/C11H10BrN3O3S2/c1-6(16)9-5-19-11(14-9)15-20(17,18)10-3-2-7(12)4-8(10)13/h2-5H,13H2,1H3,(H,14,15). The van der Waals surface area contributed by atoms with Crippen molar-refractivity contribution in [1.82, 2.24) is 4.98 Å². The molecule has 0 saturated carbocycles. The van der Waals surface area contributed by atoms with Crippen LogP contribution in [0.25, 0.3) is 0 Å². The van der Waals surface area contributed by atoms with Crippen molar-refractivity contribution in [2.24, 2.45) is 0 Å². The summed E-state index contributed by atoms with van der Waals surface area (Å²) in [5.74, 6) is -0.227. The number of thiazole rings is 1. The van der Waals surface area contributed by atoms with E-state index >= 15 is 0 Å². The fraction of sp³-hybridized carbons (Fsp3) is 0.0909. The number of carbonyl (C=O) groups is 1. The third kappa shape index (κ3) is 3.17. The lowest BCUT2D eigenvalue weighted by atomic mass is 10.3. The van der Waals surface area contributed by atoms with Crippen LogP contribution in [-0.2, 0) is 10.0 Å². The first-order chi connectivity index (χ1) is 9.29. The van der Waals surface area contributed by atoms with E-state index in [2.05, 4.69) is 25.6 Å². The Labute approximate surface area is 128 Å². The molecule has 2 rings (SSSR count). The maximum atomic E-state index is 12.2. The minimum absolute atomic E-state index is 0.0414. The Kier molecular flexibility index (Phi) is 4.11. The smallest absolute Gasteiger partial charge is 0.265 e. The molecule has 2 aromatic rings. The Balaban J connectivity index is 2.33. The number of hydrogen-bond acceptors (Lipinski definition) is 6. The van der Waals surface area contributed by atoms with E-state index in [0.717, 1.165) is 11.3 Å². The number of nitrogens with zero attached hydrogens (tertiary/aromatic N) is 1. The van der Waals surface area contributed by atoms with Crippen LogP contribution in [0, 0.1) is 0 Å². The Morgan fingerprint density at radius 2 is 2.15 bits per heavy atom. The highest BCUT2D eigenvalue weighted by Crippen LogP contribution is 2.26. The van der Waals surface area contributed by atoms with Crippen molar-refractivity contribution in [2.75, 3.05) is 10.5 Å². The summed E-state index contributed by atoms with van der Waals surface area (Å²) in [5.41, 5.74) is 6.03. The second kappa shape index (κ2) is 5.51. The molecule has 0 aliphatic rings. The van der Waals surface area contributed by atoms with Crippen molar-refractivity contribution in [1.29, 1.82) is 0 Å². The molecule has 20 heavy (non-hydrogen) atoms. The van der Waals surface area contributed by atoms with E-state index < -0.39 is 10.0 Å². The predicted molar refractivity (Wildman–Crippen MR) is 81.5 cm³/mol. The number of anilines is 2. The molecule has 0 fully saturated rings. The number of benzene rings is 1. The lowest BCUT2D eigenvalue weighted by molar-refractivity contribution is 0.101. The van der Waals surface area contributed by atoms with Gasteiger partial charge in [-0.1, -0.05) is 15.9 Å². The van der Waals surface area contributed by atoms with E-state index in [9.17, 15) is 13.2 Å². The number of carbonyl (C=O) groups excluding carboxylic acids is 1. The zero-order valence-corrected chi connectivity index (χ0v) is 13.5. The quantitative estimate of drug-likeness (QED) is 0.631. The van der Waals surface area contributed by atoms with E-state index in [-0.39, 0.29) is 27.2 Å². The van der Waals surface area contributed by atoms with Gasteiger partial charge in [-0.15, -0.1) is 11.3 Å². The third-order valence-electron chi connectivity index (χ3n) is 2.35. The fourth-order valence-corrected chi connectivity index (χ4v) is 3.91. The molecule has 3 N–H and O–H groups in total. The Morgan fingerprint density at radius 3 is 2.70 bits per heavy atom. The number of nitrogens with one attached hydrogen (secondary N) is 1. The monoisotopic (exact) mass is 375 g/mol. The summed E-state index contributed by atoms with van der Waals surface area (Å²) in [4.78, 5) is 15.0. The number of nitrogen functional groups attached to an aromatic ring is 1. The van der Waals surface area contributed by atoms with Gasteiger partial charge < -0.3 is 5.73 Å². The van der Waals surface area contributed by atoms with Gasteiger partial charge in [0.1, 0.15) is 10.6 Å². The topological polar surface area (TPSA) is 102 Å². The molecule has 1 heterocycles.